The van der Waals surface area contributed by atoms with Gasteiger partial charge in [0.25, 0.3) is 0 Å². The van der Waals surface area contributed by atoms with Crippen LogP contribution in [0.4, 0.5) is 0 Å². The molecule has 1 aliphatic heterocycles. The molecule has 10 heavy (non-hydrogen) atoms. The molecule has 0 fully saturated rings. The number of hydrogen-bond donors (Lipinski definition) is 0. The monoisotopic (exact) mass is 140 g/mol. The number of nitrogens with zero attached hydrogens (tertiary/aromatic N) is 2. The highest BCUT2D eigenvalue weighted by molar-refractivity contribution is 5.14. The van der Waals surface area contributed by atoms with Crippen LogP contribution in [0.15, 0.2) is 11.1 Å². The summed E-state index contributed by atoms with van der Waals surface area (Å²) in [7, 11) is 4.24. The highest BCUT2D eigenvalue weighted by atomic mass is 15.6. The van der Waals surface area contributed by atoms with Gasteiger partial charge < -0.3 is 0 Å². The molecule has 0 spiro atoms. The molecule has 0 aromatic rings. The summed E-state index contributed by atoms with van der Waals surface area (Å²) in [5, 5.41) is 4.48. The molecule has 0 aromatic heterocycles. The maximum absolute atomic E-state index is 2.24. The molecule has 1 rings (SSSR count). The lowest BCUT2D eigenvalue weighted by atomic mass is 10.1. The van der Waals surface area contributed by atoms with Crippen LogP contribution in [-0.4, -0.2) is 37.2 Å². The molecule has 0 saturated carbocycles. The zero-order valence-electron chi connectivity index (χ0n) is 7.31. The highest BCUT2D eigenvalue weighted by Crippen LogP contribution is 2.13. The van der Waals surface area contributed by atoms with Gasteiger partial charge in [-0.05, 0) is 13.8 Å². The van der Waals surface area contributed by atoms with Crippen molar-refractivity contribution in [2.45, 2.75) is 13.8 Å². The van der Waals surface area contributed by atoms with Crippen molar-refractivity contribution in [3.8, 4) is 0 Å². The van der Waals surface area contributed by atoms with Crippen molar-refractivity contribution in [1.29, 1.82) is 0 Å². The average Bonchev–Trinajstić information content (AvgIpc) is 1.84. The Bertz CT molecular complexity index is 143. The first-order valence-corrected chi connectivity index (χ1v) is 3.68. The first-order chi connectivity index (χ1) is 4.61. The van der Waals surface area contributed by atoms with Crippen molar-refractivity contribution in [3.05, 3.63) is 11.1 Å². The van der Waals surface area contributed by atoms with E-state index in [9.17, 15) is 0 Å². The Morgan fingerprint density at radius 1 is 0.900 bits per heavy atom. The smallest absolute Gasteiger partial charge is 0.0340 e. The summed E-state index contributed by atoms with van der Waals surface area (Å²) in [5.41, 5.74) is 3.03. The van der Waals surface area contributed by atoms with E-state index in [1.807, 2.05) is 0 Å². The standard InChI is InChI=1S/C8H16N2/c1-7-5-9(3)10(4)6-8(7)2/h5-6H2,1-4H3. The molecule has 0 aromatic carbocycles. The Morgan fingerprint density at radius 2 is 1.20 bits per heavy atom. The molecule has 1 aliphatic rings. The van der Waals surface area contributed by atoms with Crippen LogP contribution >= 0.6 is 0 Å². The minimum absolute atomic E-state index is 1.09. The van der Waals surface area contributed by atoms with E-state index in [4.69, 9.17) is 0 Å². The van der Waals surface area contributed by atoms with Crippen LogP contribution in [0.5, 0.6) is 0 Å². The third-order valence-electron chi connectivity index (χ3n) is 2.24. The predicted octanol–water partition coefficient (Wildman–Crippen LogP) is 1.11. The van der Waals surface area contributed by atoms with Gasteiger partial charge in [0.2, 0.25) is 0 Å². The molecule has 0 radical (unpaired) electrons. The Hall–Kier alpha value is -0.340. The van der Waals surface area contributed by atoms with Gasteiger partial charge in [0, 0.05) is 27.2 Å². The quantitative estimate of drug-likeness (QED) is 0.465. The molecule has 1 heterocycles. The molecule has 58 valence electrons. The normalized spacial score (nSPS) is 24.0. The summed E-state index contributed by atoms with van der Waals surface area (Å²) in [6, 6.07) is 0. The minimum atomic E-state index is 1.09. The average molecular weight is 140 g/mol. The van der Waals surface area contributed by atoms with E-state index in [1.54, 1.807) is 0 Å². The van der Waals surface area contributed by atoms with Gasteiger partial charge in [-0.1, -0.05) is 11.1 Å². The van der Waals surface area contributed by atoms with Crippen molar-refractivity contribution < 1.29 is 0 Å². The maximum atomic E-state index is 2.24. The number of likely N-dealkylation sites (N-methyl/N-ethyl adjacent to an activating group) is 2. The van der Waals surface area contributed by atoms with Gasteiger partial charge in [0.15, 0.2) is 0 Å². The Morgan fingerprint density at radius 3 is 1.50 bits per heavy atom. The molecule has 0 amide bonds. The Labute approximate surface area is 63.1 Å². The van der Waals surface area contributed by atoms with Crippen LogP contribution < -0.4 is 0 Å². The van der Waals surface area contributed by atoms with Crippen LogP contribution in [0.1, 0.15) is 13.8 Å². The zero-order valence-corrected chi connectivity index (χ0v) is 7.31. The highest BCUT2D eigenvalue weighted by Gasteiger charge is 2.13. The fraction of sp³-hybridized carbons (Fsp3) is 0.750. The lowest BCUT2D eigenvalue weighted by Gasteiger charge is -2.34. The van der Waals surface area contributed by atoms with Gasteiger partial charge in [0.05, 0.1) is 0 Å². The van der Waals surface area contributed by atoms with Crippen molar-refractivity contribution in [3.63, 3.8) is 0 Å². The third-order valence-corrected chi connectivity index (χ3v) is 2.24. The topological polar surface area (TPSA) is 6.48 Å². The molecule has 0 aliphatic carbocycles. The fourth-order valence-electron chi connectivity index (χ4n) is 1.20. The van der Waals surface area contributed by atoms with E-state index in [0.29, 0.717) is 0 Å². The first kappa shape index (κ1) is 7.76. The molecule has 2 nitrogen and oxygen atoms in total. The number of hydrazine groups is 1. The second-order valence-electron chi connectivity index (χ2n) is 3.19. The van der Waals surface area contributed by atoms with Crippen LogP contribution in [0, 0.1) is 0 Å². The second kappa shape index (κ2) is 2.72. The predicted molar refractivity (Wildman–Crippen MR) is 43.6 cm³/mol. The van der Waals surface area contributed by atoms with Crippen molar-refractivity contribution in [1.82, 2.24) is 10.0 Å². The lowest BCUT2D eigenvalue weighted by Crippen LogP contribution is -2.42. The zero-order chi connectivity index (χ0) is 7.72. The van der Waals surface area contributed by atoms with Crippen molar-refractivity contribution in [2.75, 3.05) is 27.2 Å². The molecule has 0 bridgehead atoms. The minimum Gasteiger partial charge on any atom is -0.241 e. The van der Waals surface area contributed by atoms with Crippen LogP contribution in [-0.2, 0) is 0 Å². The van der Waals surface area contributed by atoms with E-state index in [2.05, 4.69) is 38.0 Å². The van der Waals surface area contributed by atoms with E-state index in [0.717, 1.165) is 13.1 Å². The number of rotatable bonds is 0. The van der Waals surface area contributed by atoms with Gasteiger partial charge in [-0.15, -0.1) is 0 Å². The molecule has 0 saturated heterocycles. The number of hydrogen-bond acceptors (Lipinski definition) is 2. The lowest BCUT2D eigenvalue weighted by molar-refractivity contribution is 0.0364. The van der Waals surface area contributed by atoms with E-state index >= 15 is 0 Å². The van der Waals surface area contributed by atoms with Gasteiger partial charge in [-0.25, -0.2) is 10.0 Å². The Kier molecular flexibility index (Phi) is 2.11. The fourth-order valence-corrected chi connectivity index (χ4v) is 1.20. The molecular weight excluding hydrogens is 124 g/mol. The van der Waals surface area contributed by atoms with Crippen molar-refractivity contribution >= 4 is 0 Å². The summed E-state index contributed by atoms with van der Waals surface area (Å²) >= 11 is 0. The van der Waals surface area contributed by atoms with Crippen LogP contribution in [0.3, 0.4) is 0 Å². The summed E-state index contributed by atoms with van der Waals surface area (Å²) in [4.78, 5) is 0. The SMILES string of the molecule is CC1=C(C)CN(C)N(C)C1. The van der Waals surface area contributed by atoms with E-state index in [1.165, 1.54) is 11.1 Å². The summed E-state index contributed by atoms with van der Waals surface area (Å²) in [6.07, 6.45) is 0. The summed E-state index contributed by atoms with van der Waals surface area (Å²) in [5.74, 6) is 0. The molecular formula is C8H16N2. The van der Waals surface area contributed by atoms with E-state index in [-0.39, 0.29) is 0 Å². The van der Waals surface area contributed by atoms with Gasteiger partial charge in [-0.2, -0.15) is 0 Å². The molecule has 0 atom stereocenters. The van der Waals surface area contributed by atoms with Crippen LogP contribution in [0.25, 0.3) is 0 Å². The Balaban J connectivity index is 2.69. The maximum Gasteiger partial charge on any atom is 0.0340 e. The van der Waals surface area contributed by atoms with Crippen molar-refractivity contribution in [2.24, 2.45) is 0 Å². The largest absolute Gasteiger partial charge is 0.241 e. The van der Waals surface area contributed by atoms with Crippen LogP contribution in [0.2, 0.25) is 0 Å². The first-order valence-electron chi connectivity index (χ1n) is 3.68. The van der Waals surface area contributed by atoms with Gasteiger partial charge in [-0.3, -0.25) is 0 Å². The molecule has 0 unspecified atom stereocenters. The summed E-state index contributed by atoms with van der Waals surface area (Å²) in [6.45, 7) is 6.59. The summed E-state index contributed by atoms with van der Waals surface area (Å²) < 4.78 is 0. The molecule has 2 heteroatoms. The van der Waals surface area contributed by atoms with E-state index < -0.39 is 0 Å². The second-order valence-corrected chi connectivity index (χ2v) is 3.19. The van der Waals surface area contributed by atoms with Gasteiger partial charge in [0.1, 0.15) is 0 Å². The van der Waals surface area contributed by atoms with Gasteiger partial charge >= 0.3 is 0 Å². The third kappa shape index (κ3) is 1.39. The molecule has 0 N–H and O–H groups in total.